The second kappa shape index (κ2) is 11.0. The zero-order valence-electron chi connectivity index (χ0n) is 18.0. The zero-order valence-corrected chi connectivity index (χ0v) is 18.0. The van der Waals surface area contributed by atoms with Crippen molar-refractivity contribution in [2.45, 2.75) is 19.6 Å². The molecular formula is C23H27N3O5. The number of rotatable bonds is 11. The Bertz CT molecular complexity index is 988. The molecule has 0 aliphatic rings. The summed E-state index contributed by atoms with van der Waals surface area (Å²) in [6.07, 6.45) is 3.51. The number of carbonyl (C=O) groups is 1. The molecule has 1 amide bonds. The SMILES string of the molecule is COc1ccc(CC(=O)Nc2cnn(CCOCc3ccccc3)c2)c(OC)c1OC. The first-order chi connectivity index (χ1) is 15.1. The number of nitrogens with one attached hydrogen (secondary N) is 1. The van der Waals surface area contributed by atoms with Gasteiger partial charge in [-0.3, -0.25) is 9.48 Å². The molecule has 0 unspecified atom stereocenters. The van der Waals surface area contributed by atoms with Gasteiger partial charge in [0, 0.05) is 11.8 Å². The molecule has 0 aliphatic carbocycles. The van der Waals surface area contributed by atoms with Crippen LogP contribution in [0.25, 0.3) is 0 Å². The van der Waals surface area contributed by atoms with Gasteiger partial charge in [0.2, 0.25) is 11.7 Å². The van der Waals surface area contributed by atoms with E-state index in [4.69, 9.17) is 18.9 Å². The number of hydrogen-bond donors (Lipinski definition) is 1. The Labute approximate surface area is 181 Å². The molecule has 0 saturated carbocycles. The lowest BCUT2D eigenvalue weighted by Gasteiger charge is -2.15. The van der Waals surface area contributed by atoms with Crippen LogP contribution in [-0.4, -0.2) is 43.6 Å². The van der Waals surface area contributed by atoms with Gasteiger partial charge in [0.15, 0.2) is 11.5 Å². The Hall–Kier alpha value is -3.52. The Morgan fingerprint density at radius 3 is 2.48 bits per heavy atom. The van der Waals surface area contributed by atoms with E-state index in [1.807, 2.05) is 30.3 Å². The highest BCUT2D eigenvalue weighted by atomic mass is 16.5. The number of nitrogens with zero attached hydrogens (tertiary/aromatic N) is 2. The van der Waals surface area contributed by atoms with Crippen molar-refractivity contribution >= 4 is 11.6 Å². The minimum atomic E-state index is -0.189. The van der Waals surface area contributed by atoms with E-state index in [2.05, 4.69) is 10.4 Å². The number of hydrogen-bond acceptors (Lipinski definition) is 6. The van der Waals surface area contributed by atoms with E-state index in [-0.39, 0.29) is 12.3 Å². The van der Waals surface area contributed by atoms with Crippen molar-refractivity contribution in [2.24, 2.45) is 0 Å². The van der Waals surface area contributed by atoms with Gasteiger partial charge in [0.05, 0.1) is 59.4 Å². The van der Waals surface area contributed by atoms with Crippen molar-refractivity contribution in [1.82, 2.24) is 9.78 Å². The van der Waals surface area contributed by atoms with E-state index in [9.17, 15) is 4.79 Å². The van der Waals surface area contributed by atoms with E-state index >= 15 is 0 Å². The molecule has 0 radical (unpaired) electrons. The standard InChI is InChI=1S/C23H27N3O5/c1-28-20-10-9-18(22(29-2)23(20)30-3)13-21(27)25-19-14-24-26(15-19)11-12-31-16-17-7-5-4-6-8-17/h4-10,14-15H,11-13,16H2,1-3H3,(H,25,27). The highest BCUT2D eigenvalue weighted by Crippen LogP contribution is 2.39. The van der Waals surface area contributed by atoms with Crippen LogP contribution in [0, 0.1) is 0 Å². The maximum atomic E-state index is 12.5. The first-order valence-electron chi connectivity index (χ1n) is 9.86. The third-order valence-electron chi connectivity index (χ3n) is 4.63. The predicted molar refractivity (Wildman–Crippen MR) is 117 cm³/mol. The van der Waals surface area contributed by atoms with E-state index in [1.165, 1.54) is 14.2 Å². The molecule has 0 aliphatic heterocycles. The summed E-state index contributed by atoms with van der Waals surface area (Å²) in [4.78, 5) is 12.5. The smallest absolute Gasteiger partial charge is 0.229 e. The summed E-state index contributed by atoms with van der Waals surface area (Å²) in [5.74, 6) is 1.28. The molecule has 1 heterocycles. The van der Waals surface area contributed by atoms with Gasteiger partial charge >= 0.3 is 0 Å². The van der Waals surface area contributed by atoms with Crippen LogP contribution in [0.5, 0.6) is 17.2 Å². The Morgan fingerprint density at radius 2 is 1.77 bits per heavy atom. The fraction of sp³-hybridized carbons (Fsp3) is 0.304. The Balaban J connectivity index is 1.52. The first-order valence-corrected chi connectivity index (χ1v) is 9.86. The zero-order chi connectivity index (χ0) is 22.1. The molecule has 3 aromatic rings. The monoisotopic (exact) mass is 425 g/mol. The van der Waals surface area contributed by atoms with Gasteiger partial charge in [0.1, 0.15) is 0 Å². The largest absolute Gasteiger partial charge is 0.493 e. The van der Waals surface area contributed by atoms with Crippen LogP contribution in [0.15, 0.2) is 54.9 Å². The van der Waals surface area contributed by atoms with Crippen molar-refractivity contribution in [3.05, 3.63) is 66.0 Å². The van der Waals surface area contributed by atoms with Crippen molar-refractivity contribution in [3.63, 3.8) is 0 Å². The van der Waals surface area contributed by atoms with Crippen LogP contribution in [0.1, 0.15) is 11.1 Å². The molecule has 8 heteroatoms. The van der Waals surface area contributed by atoms with Gasteiger partial charge in [-0.05, 0) is 11.6 Å². The van der Waals surface area contributed by atoms with Crippen LogP contribution in [-0.2, 0) is 29.1 Å². The summed E-state index contributed by atoms with van der Waals surface area (Å²) in [7, 11) is 4.61. The van der Waals surface area contributed by atoms with Crippen LogP contribution in [0.3, 0.4) is 0 Å². The summed E-state index contributed by atoms with van der Waals surface area (Å²) < 4.78 is 23.5. The highest BCUT2D eigenvalue weighted by Gasteiger charge is 2.18. The summed E-state index contributed by atoms with van der Waals surface area (Å²) in [6, 6.07) is 13.5. The van der Waals surface area contributed by atoms with Crippen molar-refractivity contribution in [3.8, 4) is 17.2 Å². The van der Waals surface area contributed by atoms with Crippen LogP contribution in [0.4, 0.5) is 5.69 Å². The summed E-state index contributed by atoms with van der Waals surface area (Å²) in [6.45, 7) is 1.66. The normalized spacial score (nSPS) is 10.5. The van der Waals surface area contributed by atoms with Crippen LogP contribution >= 0.6 is 0 Å². The molecule has 0 saturated heterocycles. The molecule has 1 N–H and O–H groups in total. The lowest BCUT2D eigenvalue weighted by atomic mass is 10.1. The topological polar surface area (TPSA) is 83.8 Å². The minimum absolute atomic E-state index is 0.120. The second-order valence-corrected chi connectivity index (χ2v) is 6.75. The molecule has 31 heavy (non-hydrogen) atoms. The average molecular weight is 425 g/mol. The molecule has 3 rings (SSSR count). The van der Waals surface area contributed by atoms with E-state index in [0.29, 0.717) is 48.3 Å². The number of methoxy groups -OCH3 is 3. The van der Waals surface area contributed by atoms with Crippen LogP contribution < -0.4 is 19.5 Å². The number of anilines is 1. The number of aromatic nitrogens is 2. The maximum absolute atomic E-state index is 12.5. The number of amides is 1. The van der Waals surface area contributed by atoms with Gasteiger partial charge in [-0.2, -0.15) is 5.10 Å². The number of ether oxygens (including phenoxy) is 4. The summed E-state index contributed by atoms with van der Waals surface area (Å²) >= 11 is 0. The second-order valence-electron chi connectivity index (χ2n) is 6.75. The minimum Gasteiger partial charge on any atom is -0.493 e. The number of carbonyl (C=O) groups excluding carboxylic acids is 1. The lowest BCUT2D eigenvalue weighted by molar-refractivity contribution is -0.115. The molecule has 164 valence electrons. The Morgan fingerprint density at radius 1 is 1.00 bits per heavy atom. The third-order valence-corrected chi connectivity index (χ3v) is 4.63. The van der Waals surface area contributed by atoms with Crippen LogP contribution in [0.2, 0.25) is 0 Å². The summed E-state index contributed by atoms with van der Waals surface area (Å²) in [5.41, 5.74) is 2.44. The molecule has 2 aromatic carbocycles. The van der Waals surface area contributed by atoms with E-state index < -0.39 is 0 Å². The number of benzene rings is 2. The van der Waals surface area contributed by atoms with Gasteiger partial charge in [-0.1, -0.05) is 36.4 Å². The Kier molecular flexibility index (Phi) is 7.89. The maximum Gasteiger partial charge on any atom is 0.229 e. The fourth-order valence-electron chi connectivity index (χ4n) is 3.15. The predicted octanol–water partition coefficient (Wildman–Crippen LogP) is 3.31. The molecule has 0 atom stereocenters. The highest BCUT2D eigenvalue weighted by molar-refractivity contribution is 5.92. The summed E-state index contributed by atoms with van der Waals surface area (Å²) in [5, 5.41) is 7.12. The molecule has 0 fully saturated rings. The molecular weight excluding hydrogens is 398 g/mol. The molecule has 1 aromatic heterocycles. The van der Waals surface area contributed by atoms with Gasteiger partial charge < -0.3 is 24.3 Å². The van der Waals surface area contributed by atoms with Gasteiger partial charge in [0.25, 0.3) is 0 Å². The fourth-order valence-corrected chi connectivity index (χ4v) is 3.15. The van der Waals surface area contributed by atoms with Crippen molar-refractivity contribution in [2.75, 3.05) is 33.3 Å². The molecule has 0 spiro atoms. The lowest BCUT2D eigenvalue weighted by Crippen LogP contribution is -2.15. The molecule has 0 bridgehead atoms. The third kappa shape index (κ3) is 5.99. The van der Waals surface area contributed by atoms with Gasteiger partial charge in [-0.25, -0.2) is 0 Å². The van der Waals surface area contributed by atoms with E-state index in [0.717, 1.165) is 5.56 Å². The first kappa shape index (κ1) is 22.2. The van der Waals surface area contributed by atoms with E-state index in [1.54, 1.807) is 36.3 Å². The quantitative estimate of drug-likeness (QED) is 0.475. The average Bonchev–Trinajstić information content (AvgIpc) is 3.23. The van der Waals surface area contributed by atoms with Crippen molar-refractivity contribution in [1.29, 1.82) is 0 Å². The van der Waals surface area contributed by atoms with Crippen molar-refractivity contribution < 1.29 is 23.7 Å². The molecule has 8 nitrogen and oxygen atoms in total. The van der Waals surface area contributed by atoms with Gasteiger partial charge in [-0.15, -0.1) is 0 Å².